The predicted octanol–water partition coefficient (Wildman–Crippen LogP) is 0.0278. The Labute approximate surface area is 105 Å². The molecule has 0 aromatic carbocycles. The summed E-state index contributed by atoms with van der Waals surface area (Å²) >= 11 is 0. The molecule has 0 spiro atoms. The van der Waals surface area contributed by atoms with E-state index in [2.05, 4.69) is 16.4 Å². The highest BCUT2D eigenvalue weighted by atomic mass is 16.5. The van der Waals surface area contributed by atoms with Gasteiger partial charge in [0.1, 0.15) is 11.6 Å². The van der Waals surface area contributed by atoms with Crippen molar-refractivity contribution in [1.82, 2.24) is 15.2 Å². The number of nitrogens with one attached hydrogen (secondary N) is 1. The monoisotopic (exact) mass is 246 g/mol. The predicted molar refractivity (Wildman–Crippen MR) is 64.1 cm³/mol. The average Bonchev–Trinajstić information content (AvgIpc) is 2.46. The number of piperazine rings is 1. The molecule has 0 bridgehead atoms. The van der Waals surface area contributed by atoms with Gasteiger partial charge in [-0.15, -0.1) is 0 Å². The third-order valence-electron chi connectivity index (χ3n) is 2.85. The van der Waals surface area contributed by atoms with Gasteiger partial charge in [0.05, 0.1) is 13.2 Å². The van der Waals surface area contributed by atoms with Gasteiger partial charge >= 0.3 is 0 Å². The summed E-state index contributed by atoms with van der Waals surface area (Å²) in [6, 6.07) is 5.01. The number of pyridine rings is 1. The van der Waals surface area contributed by atoms with E-state index in [1.54, 1.807) is 23.2 Å². The van der Waals surface area contributed by atoms with E-state index in [0.717, 1.165) is 0 Å². The fourth-order valence-electron chi connectivity index (χ4n) is 1.93. The van der Waals surface area contributed by atoms with E-state index in [9.17, 15) is 4.79 Å². The van der Waals surface area contributed by atoms with Crippen LogP contribution in [0.2, 0.25) is 0 Å². The Bertz CT molecular complexity index is 483. The van der Waals surface area contributed by atoms with Crippen LogP contribution in [-0.4, -0.2) is 48.6 Å². The fourth-order valence-corrected chi connectivity index (χ4v) is 1.93. The van der Waals surface area contributed by atoms with Crippen LogP contribution in [0.1, 0.15) is 10.4 Å². The highest BCUT2D eigenvalue weighted by Crippen LogP contribution is 2.18. The molecule has 1 aliphatic heterocycles. The minimum Gasteiger partial charge on any atom is -0.480 e. The second kappa shape index (κ2) is 5.47. The van der Waals surface area contributed by atoms with E-state index >= 15 is 0 Å². The zero-order chi connectivity index (χ0) is 13.0. The van der Waals surface area contributed by atoms with E-state index in [1.165, 1.54) is 7.11 Å². The van der Waals surface area contributed by atoms with Crippen LogP contribution in [0.15, 0.2) is 18.3 Å². The summed E-state index contributed by atoms with van der Waals surface area (Å²) in [4.78, 5) is 17.9. The highest BCUT2D eigenvalue weighted by Gasteiger charge is 2.28. The molecule has 2 rings (SSSR count). The second-order valence-corrected chi connectivity index (χ2v) is 3.91. The first kappa shape index (κ1) is 12.3. The standard InChI is InChI=1S/C12H14N4O2/c1-18-11-10(3-2-4-15-11)12(17)16-6-5-14-8-9(16)7-13/h2-4,9,14H,5-6,8H2,1H3. The lowest BCUT2D eigenvalue weighted by molar-refractivity contribution is 0.0683. The van der Waals surface area contributed by atoms with Crippen LogP contribution in [0.3, 0.4) is 0 Å². The van der Waals surface area contributed by atoms with Gasteiger partial charge in [-0.1, -0.05) is 0 Å². The maximum absolute atomic E-state index is 12.4. The molecule has 1 aromatic rings. The number of hydrogen-bond acceptors (Lipinski definition) is 5. The number of amides is 1. The summed E-state index contributed by atoms with van der Waals surface area (Å²) in [7, 11) is 1.47. The Morgan fingerprint density at radius 3 is 3.28 bits per heavy atom. The first-order valence-electron chi connectivity index (χ1n) is 5.68. The minimum atomic E-state index is -0.448. The first-order chi connectivity index (χ1) is 8.77. The SMILES string of the molecule is COc1ncccc1C(=O)N1CCNCC1C#N. The molecule has 18 heavy (non-hydrogen) atoms. The van der Waals surface area contributed by atoms with E-state index in [0.29, 0.717) is 25.2 Å². The Morgan fingerprint density at radius 2 is 2.56 bits per heavy atom. The summed E-state index contributed by atoms with van der Waals surface area (Å²) in [6.45, 7) is 1.69. The van der Waals surface area contributed by atoms with E-state index in [-0.39, 0.29) is 11.8 Å². The third kappa shape index (κ3) is 2.26. The third-order valence-corrected chi connectivity index (χ3v) is 2.85. The van der Waals surface area contributed by atoms with E-state index in [1.807, 2.05) is 0 Å². The molecule has 0 aliphatic carbocycles. The Morgan fingerprint density at radius 1 is 1.72 bits per heavy atom. The molecule has 1 aromatic heterocycles. The summed E-state index contributed by atoms with van der Waals surface area (Å²) in [5, 5.41) is 12.1. The molecule has 1 N–H and O–H groups in total. The van der Waals surface area contributed by atoms with Crippen molar-refractivity contribution >= 4 is 5.91 Å². The number of carbonyl (C=O) groups is 1. The fraction of sp³-hybridized carbons (Fsp3) is 0.417. The molecule has 1 aliphatic rings. The number of carbonyl (C=O) groups excluding carboxylic acids is 1. The van der Waals surface area contributed by atoms with Crippen LogP contribution in [0, 0.1) is 11.3 Å². The number of rotatable bonds is 2. The number of methoxy groups -OCH3 is 1. The number of nitriles is 1. The van der Waals surface area contributed by atoms with Crippen LogP contribution >= 0.6 is 0 Å². The van der Waals surface area contributed by atoms with E-state index < -0.39 is 6.04 Å². The van der Waals surface area contributed by atoms with Crippen molar-refractivity contribution < 1.29 is 9.53 Å². The van der Waals surface area contributed by atoms with Gasteiger partial charge in [0.25, 0.3) is 5.91 Å². The molecule has 94 valence electrons. The minimum absolute atomic E-state index is 0.215. The molecule has 6 heteroatoms. The van der Waals surface area contributed by atoms with Gasteiger partial charge < -0.3 is 15.0 Å². The molecule has 1 unspecified atom stereocenters. The quantitative estimate of drug-likeness (QED) is 0.796. The van der Waals surface area contributed by atoms with Crippen LogP contribution < -0.4 is 10.1 Å². The molecule has 1 fully saturated rings. The van der Waals surface area contributed by atoms with Crippen molar-refractivity contribution in [1.29, 1.82) is 5.26 Å². The molecular weight excluding hydrogens is 232 g/mol. The zero-order valence-corrected chi connectivity index (χ0v) is 10.1. The van der Waals surface area contributed by atoms with Crippen LogP contribution in [0.25, 0.3) is 0 Å². The summed E-state index contributed by atoms with van der Waals surface area (Å²) in [6.07, 6.45) is 1.56. The molecule has 2 heterocycles. The molecule has 1 amide bonds. The topological polar surface area (TPSA) is 78.2 Å². The van der Waals surface area contributed by atoms with Crippen molar-refractivity contribution in [2.75, 3.05) is 26.7 Å². The smallest absolute Gasteiger partial charge is 0.260 e. The summed E-state index contributed by atoms with van der Waals surface area (Å²) in [5.41, 5.74) is 0.391. The van der Waals surface area contributed by atoms with Gasteiger partial charge in [0.15, 0.2) is 0 Å². The van der Waals surface area contributed by atoms with Crippen molar-refractivity contribution in [3.8, 4) is 11.9 Å². The van der Waals surface area contributed by atoms with Crippen LogP contribution in [0.5, 0.6) is 5.88 Å². The van der Waals surface area contributed by atoms with Gasteiger partial charge in [-0.25, -0.2) is 4.98 Å². The maximum Gasteiger partial charge on any atom is 0.260 e. The van der Waals surface area contributed by atoms with Crippen LogP contribution in [0.4, 0.5) is 0 Å². The van der Waals surface area contributed by atoms with Crippen LogP contribution in [-0.2, 0) is 0 Å². The largest absolute Gasteiger partial charge is 0.480 e. The number of aromatic nitrogens is 1. The summed E-state index contributed by atoms with van der Waals surface area (Å²) < 4.78 is 5.07. The average molecular weight is 246 g/mol. The molecule has 0 saturated carbocycles. The number of ether oxygens (including phenoxy) is 1. The Balaban J connectivity index is 2.27. The lowest BCUT2D eigenvalue weighted by Gasteiger charge is -2.32. The lowest BCUT2D eigenvalue weighted by Crippen LogP contribution is -2.53. The van der Waals surface area contributed by atoms with Gasteiger partial charge in [-0.05, 0) is 12.1 Å². The molecule has 1 saturated heterocycles. The lowest BCUT2D eigenvalue weighted by atomic mass is 10.1. The Hall–Kier alpha value is -2.13. The molecule has 1 atom stereocenters. The normalized spacial score (nSPS) is 19.1. The molecule has 0 radical (unpaired) electrons. The highest BCUT2D eigenvalue weighted by molar-refractivity contribution is 5.96. The van der Waals surface area contributed by atoms with Gasteiger partial charge in [0.2, 0.25) is 5.88 Å². The molecule has 6 nitrogen and oxygen atoms in total. The van der Waals surface area contributed by atoms with Gasteiger partial charge in [-0.2, -0.15) is 5.26 Å². The second-order valence-electron chi connectivity index (χ2n) is 3.91. The van der Waals surface area contributed by atoms with Crippen molar-refractivity contribution in [3.63, 3.8) is 0 Å². The van der Waals surface area contributed by atoms with Gasteiger partial charge in [-0.3, -0.25) is 4.79 Å². The number of nitrogens with zero attached hydrogens (tertiary/aromatic N) is 3. The van der Waals surface area contributed by atoms with Crippen molar-refractivity contribution in [2.24, 2.45) is 0 Å². The Kier molecular flexibility index (Phi) is 3.75. The van der Waals surface area contributed by atoms with Crippen molar-refractivity contribution in [3.05, 3.63) is 23.9 Å². The van der Waals surface area contributed by atoms with Crippen molar-refractivity contribution in [2.45, 2.75) is 6.04 Å². The zero-order valence-electron chi connectivity index (χ0n) is 10.1. The maximum atomic E-state index is 12.4. The first-order valence-corrected chi connectivity index (χ1v) is 5.68. The van der Waals surface area contributed by atoms with E-state index in [4.69, 9.17) is 10.00 Å². The number of hydrogen-bond donors (Lipinski definition) is 1. The summed E-state index contributed by atoms with van der Waals surface area (Å²) in [5.74, 6) is 0.0747. The molecular formula is C12H14N4O2. The van der Waals surface area contributed by atoms with Gasteiger partial charge in [0, 0.05) is 25.8 Å².